The molecule has 0 aliphatic heterocycles. The number of hydrogen-bond donors (Lipinski definition) is 0. The van der Waals surface area contributed by atoms with Gasteiger partial charge in [-0.2, -0.15) is 0 Å². The summed E-state index contributed by atoms with van der Waals surface area (Å²) in [6, 6.07) is 12.7. The fraction of sp³-hybridized carbons (Fsp3) is 0. The molecule has 0 atom stereocenters. The summed E-state index contributed by atoms with van der Waals surface area (Å²) in [5.41, 5.74) is -0.254. The number of benzene rings is 2. The zero-order chi connectivity index (χ0) is 13.1. The zero-order valence-electron chi connectivity index (χ0n) is 8.97. The van der Waals surface area contributed by atoms with E-state index < -0.39 is 4.92 Å². The summed E-state index contributed by atoms with van der Waals surface area (Å²) in [7, 11) is 0. The first kappa shape index (κ1) is 13.2. The minimum absolute atomic E-state index is 0.0472. The monoisotopic (exact) mass is 299 g/mol. The number of halogens is 2. The summed E-state index contributed by atoms with van der Waals surface area (Å²) in [6.07, 6.45) is 0. The normalized spacial score (nSPS) is 10.3. The Labute approximate surface area is 118 Å². The predicted molar refractivity (Wildman–Crippen MR) is 73.7 cm³/mol. The molecular weight excluding hydrogens is 293 g/mol. The lowest BCUT2D eigenvalue weighted by molar-refractivity contribution is -0.384. The molecule has 0 bridgehead atoms. The van der Waals surface area contributed by atoms with Crippen LogP contribution in [0, 0.1) is 10.1 Å². The number of nitro groups is 1. The molecule has 2 rings (SSSR count). The van der Waals surface area contributed by atoms with Crippen LogP contribution in [0.1, 0.15) is 0 Å². The topological polar surface area (TPSA) is 43.1 Å². The van der Waals surface area contributed by atoms with Crippen LogP contribution in [0.5, 0.6) is 0 Å². The van der Waals surface area contributed by atoms with E-state index in [9.17, 15) is 10.1 Å². The first-order chi connectivity index (χ1) is 8.58. The van der Waals surface area contributed by atoms with E-state index >= 15 is 0 Å². The maximum Gasteiger partial charge on any atom is 0.306 e. The fourth-order valence-electron chi connectivity index (χ4n) is 1.40. The lowest BCUT2D eigenvalue weighted by Gasteiger charge is -2.04. The van der Waals surface area contributed by atoms with Gasteiger partial charge in [0, 0.05) is 9.79 Å². The molecule has 0 amide bonds. The number of nitro benzene ring substituents is 1. The van der Waals surface area contributed by atoms with Crippen LogP contribution in [0.4, 0.5) is 5.69 Å². The first-order valence-electron chi connectivity index (χ1n) is 4.94. The van der Waals surface area contributed by atoms with Crippen molar-refractivity contribution in [1.82, 2.24) is 0 Å². The summed E-state index contributed by atoms with van der Waals surface area (Å²) in [5, 5.41) is 10.8. The highest BCUT2D eigenvalue weighted by molar-refractivity contribution is 7.99. The molecule has 0 saturated carbocycles. The average Bonchev–Trinajstić information content (AvgIpc) is 2.28. The smallest absolute Gasteiger partial charge is 0.258 e. The molecule has 0 aliphatic carbocycles. The van der Waals surface area contributed by atoms with E-state index in [1.807, 2.05) is 30.3 Å². The third kappa shape index (κ3) is 2.96. The molecule has 0 radical (unpaired) electrons. The molecular formula is C12H7Cl2NO2S. The van der Waals surface area contributed by atoms with E-state index in [2.05, 4.69) is 0 Å². The Hall–Kier alpha value is -1.23. The molecule has 6 heteroatoms. The number of hydrogen-bond acceptors (Lipinski definition) is 3. The van der Waals surface area contributed by atoms with Crippen molar-refractivity contribution in [2.45, 2.75) is 9.79 Å². The van der Waals surface area contributed by atoms with Crippen molar-refractivity contribution >= 4 is 40.7 Å². The van der Waals surface area contributed by atoms with Gasteiger partial charge in [-0.05, 0) is 24.3 Å². The Balaban J connectivity index is 2.34. The molecule has 0 heterocycles. The highest BCUT2D eigenvalue weighted by Gasteiger charge is 2.19. The molecule has 2 aromatic rings. The Morgan fingerprint density at radius 1 is 1.00 bits per heavy atom. The van der Waals surface area contributed by atoms with E-state index in [0.717, 1.165) is 9.79 Å². The fourth-order valence-corrected chi connectivity index (χ4v) is 3.07. The van der Waals surface area contributed by atoms with Crippen molar-refractivity contribution in [1.29, 1.82) is 0 Å². The molecule has 2 aromatic carbocycles. The predicted octanol–water partition coefficient (Wildman–Crippen LogP) is 5.05. The van der Waals surface area contributed by atoms with Gasteiger partial charge in [-0.15, -0.1) is 0 Å². The Morgan fingerprint density at radius 3 is 2.06 bits per heavy atom. The number of nitrogens with zero attached hydrogens (tertiary/aromatic N) is 1. The summed E-state index contributed by atoms with van der Waals surface area (Å²) in [5.74, 6) is 0. The largest absolute Gasteiger partial charge is 0.306 e. The van der Waals surface area contributed by atoms with E-state index in [4.69, 9.17) is 23.2 Å². The van der Waals surface area contributed by atoms with Gasteiger partial charge in [-0.3, -0.25) is 10.1 Å². The molecule has 92 valence electrons. The Morgan fingerprint density at radius 2 is 1.56 bits per heavy atom. The van der Waals surface area contributed by atoms with Gasteiger partial charge >= 0.3 is 5.69 Å². The molecule has 0 fully saturated rings. The van der Waals surface area contributed by atoms with Crippen LogP contribution in [-0.2, 0) is 0 Å². The van der Waals surface area contributed by atoms with Crippen LogP contribution >= 0.6 is 35.0 Å². The summed E-state index contributed by atoms with van der Waals surface area (Å²) in [4.78, 5) is 11.9. The lowest BCUT2D eigenvalue weighted by Crippen LogP contribution is -1.90. The molecule has 3 nitrogen and oxygen atoms in total. The van der Waals surface area contributed by atoms with Crippen molar-refractivity contribution in [2.24, 2.45) is 0 Å². The maximum atomic E-state index is 10.7. The minimum atomic E-state index is -0.582. The second-order valence-corrected chi connectivity index (χ2v) is 5.37. The first-order valence-corrected chi connectivity index (χ1v) is 6.51. The quantitative estimate of drug-likeness (QED) is 0.588. The molecule has 0 aliphatic rings. The van der Waals surface area contributed by atoms with Crippen LogP contribution in [-0.4, -0.2) is 4.92 Å². The van der Waals surface area contributed by atoms with E-state index in [-0.39, 0.29) is 15.7 Å². The molecule has 0 N–H and O–H groups in total. The third-order valence-electron chi connectivity index (χ3n) is 2.15. The van der Waals surface area contributed by atoms with E-state index in [0.29, 0.717) is 0 Å². The SMILES string of the molecule is O=[N+]([O-])c1c(Cl)cc(Sc2ccccc2)cc1Cl. The van der Waals surface area contributed by atoms with Crippen molar-refractivity contribution < 1.29 is 4.92 Å². The van der Waals surface area contributed by atoms with E-state index in [1.54, 1.807) is 12.1 Å². The van der Waals surface area contributed by atoms with Gasteiger partial charge in [-0.25, -0.2) is 0 Å². The molecule has 18 heavy (non-hydrogen) atoms. The molecule has 0 aromatic heterocycles. The van der Waals surface area contributed by atoms with Crippen molar-refractivity contribution in [3.8, 4) is 0 Å². The van der Waals surface area contributed by atoms with Crippen LogP contribution < -0.4 is 0 Å². The second-order valence-electron chi connectivity index (χ2n) is 3.41. The highest BCUT2D eigenvalue weighted by atomic mass is 35.5. The number of rotatable bonds is 3. The molecule has 0 unspecified atom stereocenters. The average molecular weight is 300 g/mol. The Bertz CT molecular complexity index is 567. The highest BCUT2D eigenvalue weighted by Crippen LogP contribution is 2.38. The summed E-state index contributed by atoms with van der Waals surface area (Å²) in [6.45, 7) is 0. The second kappa shape index (κ2) is 5.61. The van der Waals surface area contributed by atoms with Gasteiger partial charge in [-0.1, -0.05) is 53.2 Å². The minimum Gasteiger partial charge on any atom is -0.258 e. The van der Waals surface area contributed by atoms with Crippen molar-refractivity contribution in [2.75, 3.05) is 0 Å². The van der Waals surface area contributed by atoms with Crippen LogP contribution in [0.2, 0.25) is 10.0 Å². The van der Waals surface area contributed by atoms with Gasteiger partial charge < -0.3 is 0 Å². The summed E-state index contributed by atoms with van der Waals surface area (Å²) < 4.78 is 0. The van der Waals surface area contributed by atoms with Gasteiger partial charge in [0.1, 0.15) is 10.0 Å². The van der Waals surface area contributed by atoms with Crippen molar-refractivity contribution in [3.05, 3.63) is 62.6 Å². The van der Waals surface area contributed by atoms with Crippen LogP contribution in [0.25, 0.3) is 0 Å². The van der Waals surface area contributed by atoms with E-state index in [1.165, 1.54) is 11.8 Å². The summed E-state index contributed by atoms with van der Waals surface area (Å²) >= 11 is 13.2. The van der Waals surface area contributed by atoms with Gasteiger partial charge in [0.2, 0.25) is 0 Å². The van der Waals surface area contributed by atoms with Crippen LogP contribution in [0.3, 0.4) is 0 Å². The maximum absolute atomic E-state index is 10.7. The third-order valence-corrected chi connectivity index (χ3v) is 3.71. The van der Waals surface area contributed by atoms with Gasteiger partial charge in [0.25, 0.3) is 0 Å². The standard InChI is InChI=1S/C12H7Cl2NO2S/c13-10-6-9(7-11(14)12(10)15(16)17)18-8-4-2-1-3-5-8/h1-7H. The zero-order valence-corrected chi connectivity index (χ0v) is 11.3. The molecule has 0 saturated heterocycles. The lowest BCUT2D eigenvalue weighted by atomic mass is 10.3. The van der Waals surface area contributed by atoms with Gasteiger partial charge in [0.05, 0.1) is 4.92 Å². The van der Waals surface area contributed by atoms with Crippen molar-refractivity contribution in [3.63, 3.8) is 0 Å². The molecule has 0 spiro atoms. The van der Waals surface area contributed by atoms with Crippen LogP contribution in [0.15, 0.2) is 52.3 Å². The Kier molecular flexibility index (Phi) is 4.11. The van der Waals surface area contributed by atoms with Gasteiger partial charge in [0.15, 0.2) is 0 Å².